The molecule has 0 atom stereocenters. The van der Waals surface area contributed by atoms with E-state index in [9.17, 15) is 9.59 Å². The second kappa shape index (κ2) is 10.5. The lowest BCUT2D eigenvalue weighted by molar-refractivity contribution is -0.119. The van der Waals surface area contributed by atoms with Crippen LogP contribution < -0.4 is 10.6 Å². The summed E-state index contributed by atoms with van der Waals surface area (Å²) in [5.41, 5.74) is 3.20. The van der Waals surface area contributed by atoms with Crippen LogP contribution in [-0.2, 0) is 17.9 Å². The predicted octanol–water partition coefficient (Wildman–Crippen LogP) is 4.34. The van der Waals surface area contributed by atoms with E-state index < -0.39 is 0 Å². The summed E-state index contributed by atoms with van der Waals surface area (Å²) < 4.78 is 0. The van der Waals surface area contributed by atoms with Gasteiger partial charge >= 0.3 is 0 Å². The molecule has 0 aliphatic rings. The van der Waals surface area contributed by atoms with Crippen LogP contribution in [0, 0.1) is 0 Å². The van der Waals surface area contributed by atoms with Gasteiger partial charge in [-0.3, -0.25) is 9.59 Å². The van der Waals surface area contributed by atoms with E-state index in [4.69, 9.17) is 11.6 Å². The molecule has 5 nitrogen and oxygen atoms in total. The highest BCUT2D eigenvalue weighted by Crippen LogP contribution is 2.15. The zero-order chi connectivity index (χ0) is 21.3. The molecule has 3 rings (SSSR count). The van der Waals surface area contributed by atoms with Crippen molar-refractivity contribution in [2.45, 2.75) is 13.1 Å². The molecule has 0 fully saturated rings. The van der Waals surface area contributed by atoms with Crippen LogP contribution in [0.3, 0.4) is 0 Å². The molecule has 6 heteroatoms. The number of amides is 2. The maximum absolute atomic E-state index is 12.7. The molecule has 30 heavy (non-hydrogen) atoms. The molecule has 0 spiro atoms. The van der Waals surface area contributed by atoms with E-state index in [1.54, 1.807) is 36.2 Å². The smallest absolute Gasteiger partial charge is 0.253 e. The third-order valence-electron chi connectivity index (χ3n) is 4.61. The summed E-state index contributed by atoms with van der Waals surface area (Å²) >= 11 is 6.10. The van der Waals surface area contributed by atoms with Crippen LogP contribution in [0.4, 0.5) is 5.69 Å². The molecule has 0 bridgehead atoms. The SMILES string of the molecule is CN(Cc1ccccc1)C(=O)c1cccc(NCC(=O)NCc2ccccc2Cl)c1. The lowest BCUT2D eigenvalue weighted by Crippen LogP contribution is -2.29. The Morgan fingerprint density at radius 1 is 0.933 bits per heavy atom. The second-order valence-corrected chi connectivity index (χ2v) is 7.36. The number of nitrogens with one attached hydrogen (secondary N) is 2. The summed E-state index contributed by atoms with van der Waals surface area (Å²) in [6.45, 7) is 0.993. The minimum absolute atomic E-state index is 0.0781. The van der Waals surface area contributed by atoms with E-state index >= 15 is 0 Å². The molecule has 0 aromatic heterocycles. The lowest BCUT2D eigenvalue weighted by Gasteiger charge is -2.18. The number of carbonyl (C=O) groups is 2. The van der Waals surface area contributed by atoms with Gasteiger partial charge in [-0.1, -0.05) is 66.2 Å². The standard InChI is InChI=1S/C24H24ClN3O2/c1-28(17-18-8-3-2-4-9-18)24(30)19-11-7-12-21(14-19)26-16-23(29)27-15-20-10-5-6-13-22(20)25/h2-14,26H,15-17H2,1H3,(H,27,29). The third kappa shape index (κ3) is 6.09. The summed E-state index contributed by atoms with van der Waals surface area (Å²) in [5, 5.41) is 6.52. The number of carbonyl (C=O) groups excluding carboxylic acids is 2. The van der Waals surface area contributed by atoms with Crippen molar-refractivity contribution in [2.75, 3.05) is 18.9 Å². The fourth-order valence-electron chi connectivity index (χ4n) is 2.99. The molecule has 2 amide bonds. The Balaban J connectivity index is 1.52. The Hall–Kier alpha value is -3.31. The summed E-state index contributed by atoms with van der Waals surface area (Å²) in [7, 11) is 1.78. The molecule has 3 aromatic rings. The van der Waals surface area contributed by atoms with Crippen molar-refractivity contribution in [2.24, 2.45) is 0 Å². The zero-order valence-corrected chi connectivity index (χ0v) is 17.5. The van der Waals surface area contributed by atoms with Gasteiger partial charge < -0.3 is 15.5 Å². The number of halogens is 1. The summed E-state index contributed by atoms with van der Waals surface area (Å²) in [6.07, 6.45) is 0. The van der Waals surface area contributed by atoms with Crippen LogP contribution >= 0.6 is 11.6 Å². The van der Waals surface area contributed by atoms with E-state index in [-0.39, 0.29) is 18.4 Å². The molecule has 0 radical (unpaired) electrons. The lowest BCUT2D eigenvalue weighted by atomic mass is 10.1. The van der Waals surface area contributed by atoms with Gasteiger partial charge in [0.05, 0.1) is 6.54 Å². The van der Waals surface area contributed by atoms with E-state index in [2.05, 4.69) is 10.6 Å². The first-order chi connectivity index (χ1) is 14.5. The molecular weight excluding hydrogens is 398 g/mol. The highest BCUT2D eigenvalue weighted by atomic mass is 35.5. The molecule has 0 heterocycles. The van der Waals surface area contributed by atoms with Crippen molar-refractivity contribution in [3.63, 3.8) is 0 Å². The van der Waals surface area contributed by atoms with Crippen LogP contribution in [0.5, 0.6) is 0 Å². The van der Waals surface area contributed by atoms with Crippen LogP contribution in [-0.4, -0.2) is 30.3 Å². The molecule has 0 aliphatic carbocycles. The summed E-state index contributed by atoms with van der Waals surface area (Å²) in [4.78, 5) is 26.5. The largest absolute Gasteiger partial charge is 0.376 e. The first-order valence-electron chi connectivity index (χ1n) is 9.66. The zero-order valence-electron chi connectivity index (χ0n) is 16.8. The van der Waals surface area contributed by atoms with Crippen LogP contribution in [0.15, 0.2) is 78.9 Å². The van der Waals surface area contributed by atoms with Crippen molar-refractivity contribution in [3.8, 4) is 0 Å². The van der Waals surface area contributed by atoms with Gasteiger partial charge in [0.2, 0.25) is 5.91 Å². The third-order valence-corrected chi connectivity index (χ3v) is 4.97. The number of hydrogen-bond acceptors (Lipinski definition) is 3. The Morgan fingerprint density at radius 2 is 1.67 bits per heavy atom. The topological polar surface area (TPSA) is 61.4 Å². The van der Waals surface area contributed by atoms with Crippen molar-refractivity contribution in [1.82, 2.24) is 10.2 Å². The second-order valence-electron chi connectivity index (χ2n) is 6.95. The molecule has 0 unspecified atom stereocenters. The monoisotopic (exact) mass is 421 g/mol. The average Bonchev–Trinajstić information content (AvgIpc) is 2.77. The van der Waals surface area contributed by atoms with E-state index in [1.165, 1.54) is 0 Å². The Morgan fingerprint density at radius 3 is 2.43 bits per heavy atom. The Labute approximate surface area is 181 Å². The highest BCUT2D eigenvalue weighted by Gasteiger charge is 2.13. The number of nitrogens with zero attached hydrogens (tertiary/aromatic N) is 1. The molecule has 154 valence electrons. The molecule has 0 saturated heterocycles. The van der Waals surface area contributed by atoms with Gasteiger partial charge in [-0.15, -0.1) is 0 Å². The Kier molecular flexibility index (Phi) is 7.46. The normalized spacial score (nSPS) is 10.3. The first kappa shape index (κ1) is 21.4. The van der Waals surface area contributed by atoms with E-state index in [0.717, 1.165) is 11.1 Å². The summed E-state index contributed by atoms with van der Waals surface area (Å²) in [5.74, 6) is -0.237. The molecule has 3 aromatic carbocycles. The van der Waals surface area contributed by atoms with Crippen molar-refractivity contribution < 1.29 is 9.59 Å². The van der Waals surface area contributed by atoms with Gasteiger partial charge in [0.1, 0.15) is 0 Å². The van der Waals surface area contributed by atoms with Gasteiger partial charge in [-0.2, -0.15) is 0 Å². The van der Waals surface area contributed by atoms with Gasteiger partial charge in [-0.05, 0) is 35.4 Å². The van der Waals surface area contributed by atoms with Gasteiger partial charge in [0.25, 0.3) is 5.91 Å². The minimum atomic E-state index is -0.159. The number of rotatable bonds is 8. The molecular formula is C24H24ClN3O2. The number of benzene rings is 3. The van der Waals surface area contributed by atoms with E-state index in [1.807, 2.05) is 54.6 Å². The maximum Gasteiger partial charge on any atom is 0.253 e. The van der Waals surface area contributed by atoms with Gasteiger partial charge in [0, 0.05) is 36.4 Å². The van der Waals surface area contributed by atoms with Gasteiger partial charge in [0.15, 0.2) is 0 Å². The maximum atomic E-state index is 12.7. The van der Waals surface area contributed by atoms with Crippen LogP contribution in [0.1, 0.15) is 21.5 Å². The molecule has 2 N–H and O–H groups in total. The highest BCUT2D eigenvalue weighted by molar-refractivity contribution is 6.31. The minimum Gasteiger partial charge on any atom is -0.376 e. The quantitative estimate of drug-likeness (QED) is 0.568. The van der Waals surface area contributed by atoms with Crippen molar-refractivity contribution in [3.05, 3.63) is 101 Å². The van der Waals surface area contributed by atoms with Crippen molar-refractivity contribution in [1.29, 1.82) is 0 Å². The Bertz CT molecular complexity index is 1010. The first-order valence-corrected chi connectivity index (χ1v) is 10.0. The summed E-state index contributed by atoms with van der Waals surface area (Å²) in [6, 6.07) is 24.4. The number of anilines is 1. The molecule has 0 aliphatic heterocycles. The van der Waals surface area contributed by atoms with Gasteiger partial charge in [-0.25, -0.2) is 0 Å². The fraction of sp³-hybridized carbons (Fsp3) is 0.167. The average molecular weight is 422 g/mol. The fourth-order valence-corrected chi connectivity index (χ4v) is 3.19. The molecule has 0 saturated carbocycles. The van der Waals surface area contributed by atoms with E-state index in [0.29, 0.717) is 29.4 Å². The number of hydrogen-bond donors (Lipinski definition) is 2. The van der Waals surface area contributed by atoms with Crippen LogP contribution in [0.2, 0.25) is 5.02 Å². The van der Waals surface area contributed by atoms with Crippen LogP contribution in [0.25, 0.3) is 0 Å². The van der Waals surface area contributed by atoms with Crippen molar-refractivity contribution >= 4 is 29.1 Å². The predicted molar refractivity (Wildman–Crippen MR) is 120 cm³/mol.